The zero-order chi connectivity index (χ0) is 18.1. The molecule has 0 aromatic heterocycles. The van der Waals surface area contributed by atoms with E-state index in [4.69, 9.17) is 18.9 Å². The molecule has 7 nitrogen and oxygen atoms in total. The number of aromatic hydroxyl groups is 1. The van der Waals surface area contributed by atoms with Crippen LogP contribution in [0.1, 0.15) is 31.8 Å². The van der Waals surface area contributed by atoms with Gasteiger partial charge >= 0.3 is 0 Å². The Morgan fingerprint density at radius 3 is 2.74 bits per heavy atom. The van der Waals surface area contributed by atoms with E-state index in [1.807, 2.05) is 0 Å². The molecule has 1 fully saturated rings. The number of epoxide rings is 1. The Labute approximate surface area is 151 Å². The number of carbonyl (C=O) groups is 2. The Balaban J connectivity index is 1.61. The van der Waals surface area contributed by atoms with Crippen molar-refractivity contribution in [1.82, 2.24) is 0 Å². The van der Waals surface area contributed by atoms with Crippen molar-refractivity contribution in [2.45, 2.75) is 23.8 Å². The molecule has 0 saturated carbocycles. The molecule has 3 heterocycles. The Hall–Kier alpha value is -3.16. The van der Waals surface area contributed by atoms with Crippen LogP contribution in [0.5, 0.6) is 17.2 Å². The molecule has 27 heavy (non-hydrogen) atoms. The van der Waals surface area contributed by atoms with Crippen LogP contribution in [0, 0.1) is 0 Å². The lowest BCUT2D eigenvalue weighted by atomic mass is 9.80. The zero-order valence-corrected chi connectivity index (χ0v) is 13.6. The lowest BCUT2D eigenvalue weighted by Crippen LogP contribution is -2.60. The molecule has 5 aliphatic rings. The summed E-state index contributed by atoms with van der Waals surface area (Å²) in [6.07, 6.45) is 1.58. The number of fused-ring (bicyclic) bond motifs is 1. The second kappa shape index (κ2) is 3.90. The van der Waals surface area contributed by atoms with Gasteiger partial charge in [0.2, 0.25) is 0 Å². The van der Waals surface area contributed by atoms with Crippen molar-refractivity contribution in [2.75, 3.05) is 0 Å². The lowest BCUT2D eigenvalue weighted by molar-refractivity contribution is -0.345. The monoisotopic (exact) mass is 362 g/mol. The third-order valence-electron chi connectivity index (χ3n) is 5.79. The van der Waals surface area contributed by atoms with Gasteiger partial charge in [-0.2, -0.15) is 0 Å². The molecule has 0 unspecified atom stereocenters. The second-order valence-electron chi connectivity index (χ2n) is 7.19. The molecule has 1 saturated heterocycles. The summed E-state index contributed by atoms with van der Waals surface area (Å²) in [5.41, 5.74) is 1.36. The van der Waals surface area contributed by atoms with E-state index in [9.17, 15) is 14.7 Å². The summed E-state index contributed by atoms with van der Waals surface area (Å²) >= 11 is 0. The van der Waals surface area contributed by atoms with Crippen LogP contribution in [0.3, 0.4) is 0 Å². The van der Waals surface area contributed by atoms with Crippen molar-refractivity contribution in [2.24, 2.45) is 0 Å². The van der Waals surface area contributed by atoms with Crippen LogP contribution in [-0.2, 0) is 21.0 Å². The number of ether oxygens (including phenoxy) is 4. The van der Waals surface area contributed by atoms with Crippen molar-refractivity contribution in [3.05, 3.63) is 64.7 Å². The maximum atomic E-state index is 12.7. The Morgan fingerprint density at radius 1 is 1.00 bits per heavy atom. The number of benzene rings is 2. The van der Waals surface area contributed by atoms with Crippen molar-refractivity contribution < 1.29 is 33.6 Å². The van der Waals surface area contributed by atoms with Gasteiger partial charge in [-0.05, 0) is 30.4 Å². The van der Waals surface area contributed by atoms with Crippen molar-refractivity contribution in [3.63, 3.8) is 0 Å². The summed E-state index contributed by atoms with van der Waals surface area (Å²) in [6.45, 7) is 0. The van der Waals surface area contributed by atoms with Crippen molar-refractivity contribution in [3.8, 4) is 17.2 Å². The number of hydrogen-bond acceptors (Lipinski definition) is 7. The largest absolute Gasteiger partial charge is 0.507 e. The minimum absolute atomic E-state index is 0.0940. The van der Waals surface area contributed by atoms with Crippen LogP contribution in [-0.4, -0.2) is 28.9 Å². The van der Waals surface area contributed by atoms with Gasteiger partial charge in [-0.3, -0.25) is 14.3 Å². The molecule has 2 spiro atoms. The third kappa shape index (κ3) is 1.35. The van der Waals surface area contributed by atoms with Crippen LogP contribution in [0.2, 0.25) is 0 Å². The number of phenols is 1. The van der Waals surface area contributed by atoms with Crippen LogP contribution >= 0.6 is 0 Å². The van der Waals surface area contributed by atoms with Gasteiger partial charge in [0.25, 0.3) is 11.6 Å². The smallest absolute Gasteiger partial charge is 0.275 e. The average Bonchev–Trinajstić information content (AvgIpc) is 3.46. The Bertz CT molecular complexity index is 1170. The summed E-state index contributed by atoms with van der Waals surface area (Å²) in [5, 5.41) is 10.3. The average molecular weight is 362 g/mol. The van der Waals surface area contributed by atoms with E-state index < -0.39 is 23.8 Å². The maximum Gasteiger partial charge on any atom is 0.275 e. The fraction of sp³-hybridized carbons (Fsp3) is 0.200. The lowest BCUT2D eigenvalue weighted by Gasteiger charge is -2.52. The first-order valence-electron chi connectivity index (χ1n) is 8.55. The molecule has 4 atom stereocenters. The Morgan fingerprint density at radius 2 is 1.85 bits per heavy atom. The molecule has 2 aliphatic carbocycles. The Kier molecular flexibility index (Phi) is 2.02. The first kappa shape index (κ1) is 14.0. The number of Topliss-reactive ketones (excluding diaryl/α,β-unsaturated/α-hetero) is 1. The van der Waals surface area contributed by atoms with Crippen LogP contribution < -0.4 is 9.47 Å². The summed E-state index contributed by atoms with van der Waals surface area (Å²) in [4.78, 5) is 25.0. The predicted octanol–water partition coefficient (Wildman–Crippen LogP) is 1.92. The van der Waals surface area contributed by atoms with Crippen LogP contribution in [0.15, 0.2) is 42.5 Å². The summed E-state index contributed by atoms with van der Waals surface area (Å²) < 4.78 is 24.4. The molecule has 7 rings (SSSR count). The van der Waals surface area contributed by atoms with E-state index in [0.29, 0.717) is 28.2 Å². The van der Waals surface area contributed by atoms with Crippen molar-refractivity contribution in [1.29, 1.82) is 0 Å². The summed E-state index contributed by atoms with van der Waals surface area (Å²) in [6, 6.07) is 8.13. The third-order valence-corrected chi connectivity index (χ3v) is 5.79. The van der Waals surface area contributed by atoms with Gasteiger partial charge in [0.1, 0.15) is 17.2 Å². The van der Waals surface area contributed by atoms with Gasteiger partial charge in [0, 0.05) is 5.56 Å². The molecule has 132 valence electrons. The van der Waals surface area contributed by atoms with E-state index in [-0.39, 0.29) is 22.9 Å². The molecule has 0 amide bonds. The van der Waals surface area contributed by atoms with E-state index >= 15 is 0 Å². The maximum absolute atomic E-state index is 12.7. The van der Waals surface area contributed by atoms with Gasteiger partial charge in [-0.15, -0.1) is 0 Å². The van der Waals surface area contributed by atoms with Crippen LogP contribution in [0.4, 0.5) is 0 Å². The molecule has 0 radical (unpaired) electrons. The fourth-order valence-electron chi connectivity index (χ4n) is 4.66. The topological polar surface area (TPSA) is 94.6 Å². The number of ketones is 2. The highest BCUT2D eigenvalue weighted by molar-refractivity contribution is 6.09. The van der Waals surface area contributed by atoms with E-state index in [1.54, 1.807) is 30.3 Å². The summed E-state index contributed by atoms with van der Waals surface area (Å²) in [5.74, 6) is -2.67. The summed E-state index contributed by atoms with van der Waals surface area (Å²) in [7, 11) is 0. The zero-order valence-electron chi connectivity index (χ0n) is 13.6. The molecule has 2 bridgehead atoms. The van der Waals surface area contributed by atoms with E-state index in [0.717, 1.165) is 0 Å². The first-order valence-corrected chi connectivity index (χ1v) is 8.55. The van der Waals surface area contributed by atoms with E-state index in [1.165, 1.54) is 12.1 Å². The first-order chi connectivity index (χ1) is 13.0. The fourth-order valence-corrected chi connectivity index (χ4v) is 4.66. The number of allylic oxidation sites excluding steroid dienone is 1. The quantitative estimate of drug-likeness (QED) is 0.716. The molecular weight excluding hydrogens is 352 g/mol. The van der Waals surface area contributed by atoms with E-state index in [2.05, 4.69) is 0 Å². The molecular formula is C20H10O7. The normalized spacial score (nSPS) is 35.4. The standard InChI is InChI=1S/C20H10O7/c21-9-6-7-19-14-8(9)2-1-3-11(14)26-20(27-19)15-12(25-19)5-4-10(22)13(15)16(23)17-18(20)24-17/h1-7,17-18,22H/t17-,18-,19-,20+/m1/s1. The minimum Gasteiger partial charge on any atom is -0.507 e. The van der Waals surface area contributed by atoms with Crippen LogP contribution in [0.25, 0.3) is 0 Å². The molecule has 7 heteroatoms. The SMILES string of the molecule is O=C1C=C[C@]23Oc4ccc(O)c5c4[C@](Oc4cccc1c42)(O3)[C@@H]1O[C@@H]1C5=O. The highest BCUT2D eigenvalue weighted by Crippen LogP contribution is 2.64. The predicted molar refractivity (Wildman–Crippen MR) is 86.7 cm³/mol. The van der Waals surface area contributed by atoms with Gasteiger partial charge in [-0.25, -0.2) is 0 Å². The van der Waals surface area contributed by atoms with Gasteiger partial charge in [-0.1, -0.05) is 12.1 Å². The number of carbonyl (C=O) groups excluding carboxylic acids is 2. The minimum atomic E-state index is -1.43. The van der Waals surface area contributed by atoms with Gasteiger partial charge in [0.15, 0.2) is 23.8 Å². The van der Waals surface area contributed by atoms with Crippen molar-refractivity contribution >= 4 is 11.6 Å². The molecule has 2 aromatic carbocycles. The van der Waals surface area contributed by atoms with Gasteiger partial charge < -0.3 is 19.3 Å². The number of rotatable bonds is 0. The highest BCUT2D eigenvalue weighted by atomic mass is 16.8. The second-order valence-corrected chi connectivity index (χ2v) is 7.19. The number of hydrogen-bond donors (Lipinski definition) is 1. The van der Waals surface area contributed by atoms with Gasteiger partial charge in [0.05, 0.1) is 16.7 Å². The number of phenolic OH excluding ortho intramolecular Hbond substituents is 1. The molecule has 1 N–H and O–H groups in total. The molecule has 2 aromatic rings. The highest BCUT2D eigenvalue weighted by Gasteiger charge is 2.74. The molecule has 3 aliphatic heterocycles.